The van der Waals surface area contributed by atoms with Gasteiger partial charge in [-0.15, -0.1) is 0 Å². The molecule has 4 nitrogen and oxygen atoms in total. The molecule has 5 heteroatoms. The summed E-state index contributed by atoms with van der Waals surface area (Å²) in [4.78, 5) is 13.1. The lowest BCUT2D eigenvalue weighted by molar-refractivity contribution is 0.174. The number of hydrogen-bond donors (Lipinski definition) is 0. The molecule has 0 saturated heterocycles. The molecule has 0 aliphatic carbocycles. The summed E-state index contributed by atoms with van der Waals surface area (Å²) in [5.74, 6) is 0.386. The molecule has 1 aliphatic rings. The van der Waals surface area contributed by atoms with Crippen LogP contribution in [0.5, 0.6) is 11.5 Å². The van der Waals surface area contributed by atoms with Crippen molar-refractivity contribution in [2.45, 2.75) is 6.54 Å². The minimum Gasteiger partial charge on any atom is -0.454 e. The minimum absolute atomic E-state index is 0.0357. The van der Waals surface area contributed by atoms with Crippen molar-refractivity contribution in [3.05, 3.63) is 23.5 Å². The maximum atomic E-state index is 13.2. The molecule has 0 unspecified atom stereocenters. The van der Waals surface area contributed by atoms with E-state index in [1.165, 1.54) is 18.2 Å². The molecule has 0 aromatic heterocycles. The number of halogens is 1. The fourth-order valence-corrected chi connectivity index (χ4v) is 1.20. The highest BCUT2D eigenvalue weighted by atomic mass is 19.1. The second kappa shape index (κ2) is 3.47. The third-order valence-electron chi connectivity index (χ3n) is 1.86. The molecule has 0 N–H and O–H groups in total. The van der Waals surface area contributed by atoms with Crippen molar-refractivity contribution in [2.24, 2.45) is 4.99 Å². The smallest absolute Gasteiger partial charge is 0.235 e. The van der Waals surface area contributed by atoms with Gasteiger partial charge in [-0.05, 0) is 6.07 Å². The molecule has 1 aliphatic heterocycles. The van der Waals surface area contributed by atoms with Gasteiger partial charge in [0.15, 0.2) is 11.5 Å². The molecule has 0 amide bonds. The average Bonchev–Trinajstić information content (AvgIpc) is 2.61. The fraction of sp³-hybridized carbons (Fsp3) is 0.222. The molecular formula is C9H6FNO3. The number of benzene rings is 1. The molecule has 0 spiro atoms. The van der Waals surface area contributed by atoms with Gasteiger partial charge < -0.3 is 9.47 Å². The molecule has 2 rings (SSSR count). The van der Waals surface area contributed by atoms with Crippen LogP contribution in [0.15, 0.2) is 17.1 Å². The number of fused-ring (bicyclic) bond motifs is 1. The van der Waals surface area contributed by atoms with E-state index in [2.05, 4.69) is 4.99 Å². The summed E-state index contributed by atoms with van der Waals surface area (Å²) in [6, 6.07) is 2.69. The molecule has 0 saturated carbocycles. The Morgan fingerprint density at radius 3 is 2.86 bits per heavy atom. The van der Waals surface area contributed by atoms with Gasteiger partial charge in [-0.1, -0.05) is 0 Å². The van der Waals surface area contributed by atoms with E-state index >= 15 is 0 Å². The van der Waals surface area contributed by atoms with Crippen molar-refractivity contribution in [3.63, 3.8) is 0 Å². The summed E-state index contributed by atoms with van der Waals surface area (Å²) in [5, 5.41) is 0. The summed E-state index contributed by atoms with van der Waals surface area (Å²) in [5.41, 5.74) is 0.289. The Hall–Kier alpha value is -1.87. The van der Waals surface area contributed by atoms with E-state index in [1.54, 1.807) is 0 Å². The summed E-state index contributed by atoms with van der Waals surface area (Å²) >= 11 is 0. The lowest BCUT2D eigenvalue weighted by Gasteiger charge is -2.00. The summed E-state index contributed by atoms with van der Waals surface area (Å²) in [7, 11) is 0. The zero-order valence-electron chi connectivity index (χ0n) is 7.12. The Morgan fingerprint density at radius 1 is 1.43 bits per heavy atom. The van der Waals surface area contributed by atoms with Crippen molar-refractivity contribution in [1.82, 2.24) is 0 Å². The average molecular weight is 195 g/mol. The second-order valence-corrected chi connectivity index (χ2v) is 2.70. The molecule has 0 radical (unpaired) electrons. The van der Waals surface area contributed by atoms with Crippen LogP contribution >= 0.6 is 0 Å². The number of ether oxygens (including phenoxy) is 2. The monoisotopic (exact) mass is 195 g/mol. The summed E-state index contributed by atoms with van der Waals surface area (Å²) < 4.78 is 23.3. The third-order valence-corrected chi connectivity index (χ3v) is 1.86. The van der Waals surface area contributed by atoms with Crippen molar-refractivity contribution < 1.29 is 18.7 Å². The zero-order chi connectivity index (χ0) is 9.97. The van der Waals surface area contributed by atoms with Crippen LogP contribution < -0.4 is 9.47 Å². The van der Waals surface area contributed by atoms with Gasteiger partial charge in [0.25, 0.3) is 0 Å². The van der Waals surface area contributed by atoms with Gasteiger partial charge in [-0.3, -0.25) is 0 Å². The van der Waals surface area contributed by atoms with Crippen molar-refractivity contribution in [1.29, 1.82) is 0 Å². The first-order valence-electron chi connectivity index (χ1n) is 3.93. The van der Waals surface area contributed by atoms with Crippen LogP contribution in [0.4, 0.5) is 4.39 Å². The Balaban J connectivity index is 2.36. The zero-order valence-corrected chi connectivity index (χ0v) is 7.12. The molecule has 1 heterocycles. The van der Waals surface area contributed by atoms with Crippen molar-refractivity contribution in [3.8, 4) is 11.5 Å². The number of nitrogens with zero attached hydrogens (tertiary/aromatic N) is 1. The lowest BCUT2D eigenvalue weighted by atomic mass is 10.2. The maximum Gasteiger partial charge on any atom is 0.235 e. The minimum atomic E-state index is -0.465. The van der Waals surface area contributed by atoms with Gasteiger partial charge in [0.1, 0.15) is 5.82 Å². The molecule has 72 valence electrons. The topological polar surface area (TPSA) is 47.9 Å². The van der Waals surface area contributed by atoms with Crippen LogP contribution in [0.1, 0.15) is 5.56 Å². The second-order valence-electron chi connectivity index (χ2n) is 2.70. The Labute approximate surface area is 79.0 Å². The predicted molar refractivity (Wildman–Crippen MR) is 44.3 cm³/mol. The van der Waals surface area contributed by atoms with E-state index in [1.807, 2.05) is 0 Å². The van der Waals surface area contributed by atoms with Gasteiger partial charge in [-0.2, -0.15) is 0 Å². The molecule has 0 fully saturated rings. The predicted octanol–water partition coefficient (Wildman–Crippen LogP) is 1.39. The van der Waals surface area contributed by atoms with Gasteiger partial charge in [0.05, 0.1) is 6.54 Å². The van der Waals surface area contributed by atoms with E-state index in [9.17, 15) is 9.18 Å². The Kier molecular flexibility index (Phi) is 2.16. The highest BCUT2D eigenvalue weighted by Crippen LogP contribution is 2.34. The number of rotatable bonds is 2. The van der Waals surface area contributed by atoms with Crippen LogP contribution in [-0.4, -0.2) is 12.9 Å². The van der Waals surface area contributed by atoms with Crippen LogP contribution in [0.25, 0.3) is 0 Å². The first kappa shape index (κ1) is 8.72. The van der Waals surface area contributed by atoms with Crippen LogP contribution in [0, 0.1) is 5.82 Å². The Morgan fingerprint density at radius 2 is 2.14 bits per heavy atom. The van der Waals surface area contributed by atoms with Gasteiger partial charge in [0.2, 0.25) is 12.9 Å². The van der Waals surface area contributed by atoms with Crippen molar-refractivity contribution >= 4 is 6.08 Å². The number of carbonyl (C=O) groups excluding carboxylic acids is 1. The third kappa shape index (κ3) is 1.45. The first-order chi connectivity index (χ1) is 6.81. The normalized spacial score (nSPS) is 12.4. The highest BCUT2D eigenvalue weighted by Gasteiger charge is 2.16. The van der Waals surface area contributed by atoms with E-state index in [0.717, 1.165) is 0 Å². The van der Waals surface area contributed by atoms with E-state index in [0.29, 0.717) is 11.5 Å². The number of isocyanates is 1. The first-order valence-corrected chi connectivity index (χ1v) is 3.93. The fourth-order valence-electron chi connectivity index (χ4n) is 1.20. The highest BCUT2D eigenvalue weighted by molar-refractivity contribution is 5.45. The Bertz CT molecular complexity index is 413. The maximum absolute atomic E-state index is 13.2. The molecule has 14 heavy (non-hydrogen) atoms. The number of hydrogen-bond acceptors (Lipinski definition) is 4. The van der Waals surface area contributed by atoms with Gasteiger partial charge >= 0.3 is 0 Å². The van der Waals surface area contributed by atoms with Crippen LogP contribution in [0.2, 0.25) is 0 Å². The van der Waals surface area contributed by atoms with E-state index < -0.39 is 5.82 Å². The molecule has 0 atom stereocenters. The van der Waals surface area contributed by atoms with Gasteiger partial charge in [-0.25, -0.2) is 14.2 Å². The quantitative estimate of drug-likeness (QED) is 0.529. The van der Waals surface area contributed by atoms with E-state index in [-0.39, 0.29) is 18.9 Å². The van der Waals surface area contributed by atoms with Gasteiger partial charge in [0, 0.05) is 11.6 Å². The van der Waals surface area contributed by atoms with E-state index in [4.69, 9.17) is 9.47 Å². The molecular weight excluding hydrogens is 189 g/mol. The number of aliphatic imine (C=N–C) groups is 1. The summed E-state index contributed by atoms with van der Waals surface area (Å²) in [6.07, 6.45) is 1.35. The van der Waals surface area contributed by atoms with Crippen molar-refractivity contribution in [2.75, 3.05) is 6.79 Å². The molecule has 1 aromatic carbocycles. The largest absolute Gasteiger partial charge is 0.454 e. The van der Waals surface area contributed by atoms with Crippen LogP contribution in [0.3, 0.4) is 0 Å². The standard InChI is InChI=1S/C9H6FNO3/c10-7-2-9-8(13-5-14-9)1-6(7)3-11-4-12/h1-2H,3,5H2. The lowest BCUT2D eigenvalue weighted by Crippen LogP contribution is -1.92. The van der Waals surface area contributed by atoms with Crippen LogP contribution in [-0.2, 0) is 11.3 Å². The summed E-state index contributed by atoms with van der Waals surface area (Å²) in [6.45, 7) is 0.0567. The molecule has 0 bridgehead atoms. The molecule has 1 aromatic rings. The SMILES string of the molecule is O=C=NCc1cc2c(cc1F)OCO2.